The number of hydrogen-bond donors (Lipinski definition) is 3. The van der Waals surface area contributed by atoms with E-state index in [1.807, 2.05) is 19.2 Å². The molecule has 0 amide bonds. The Morgan fingerprint density at radius 1 is 1.45 bits per heavy atom. The average molecular weight is 294 g/mol. The van der Waals surface area contributed by atoms with Crippen LogP contribution in [-0.4, -0.2) is 24.0 Å². The summed E-state index contributed by atoms with van der Waals surface area (Å²) in [5.74, 6) is 0.487. The van der Waals surface area contributed by atoms with Gasteiger partial charge < -0.3 is 21.7 Å². The molecule has 0 spiro atoms. The van der Waals surface area contributed by atoms with Crippen LogP contribution in [0, 0.1) is 0 Å². The lowest BCUT2D eigenvalue weighted by molar-refractivity contribution is 0.595. The number of allylic oxidation sites excluding steroid dienone is 2. The Hall–Kier alpha value is -2.14. The van der Waals surface area contributed by atoms with Crippen LogP contribution >= 0.6 is 11.6 Å². The van der Waals surface area contributed by atoms with E-state index >= 15 is 0 Å². The van der Waals surface area contributed by atoms with Gasteiger partial charge in [-0.25, -0.2) is 4.98 Å². The molecule has 0 saturated heterocycles. The predicted molar refractivity (Wildman–Crippen MR) is 84.3 cm³/mol. The molecule has 0 bridgehead atoms. The number of halogens is 1. The van der Waals surface area contributed by atoms with E-state index in [4.69, 9.17) is 23.1 Å². The molecule has 20 heavy (non-hydrogen) atoms. The Kier molecular flexibility index (Phi) is 5.46. The highest BCUT2D eigenvalue weighted by Gasteiger charge is 2.13. The molecule has 0 aliphatic rings. The van der Waals surface area contributed by atoms with Crippen LogP contribution < -0.4 is 16.8 Å². The van der Waals surface area contributed by atoms with Gasteiger partial charge >= 0.3 is 0 Å². The second-order valence-corrected chi connectivity index (χ2v) is 4.68. The number of hydrogen-bond acceptors (Lipinski definition) is 5. The SMILES string of the molecule is C=C(c1cccc(Cl)n1)N(C)C(/C=C(/C)N)=C(/N)NC. The third-order valence-corrected chi connectivity index (χ3v) is 2.90. The Morgan fingerprint density at radius 2 is 2.10 bits per heavy atom. The summed E-state index contributed by atoms with van der Waals surface area (Å²) in [6, 6.07) is 5.36. The van der Waals surface area contributed by atoms with Crippen LogP contribution in [-0.2, 0) is 0 Å². The van der Waals surface area contributed by atoms with Gasteiger partial charge in [0.2, 0.25) is 0 Å². The lowest BCUT2D eigenvalue weighted by atomic mass is 10.2. The standard InChI is InChI=1S/C14H20ClN5/c1-9(16)8-12(14(17)18-3)20(4)10(2)11-6-5-7-13(15)19-11/h5-8,18H,2,16-17H2,1,3-4H3/b9-8-,14-12-. The summed E-state index contributed by atoms with van der Waals surface area (Å²) in [4.78, 5) is 6.04. The van der Waals surface area contributed by atoms with Crippen LogP contribution in [0.4, 0.5) is 0 Å². The molecule has 1 rings (SSSR count). The van der Waals surface area contributed by atoms with Crippen molar-refractivity contribution in [1.82, 2.24) is 15.2 Å². The molecule has 108 valence electrons. The number of pyridine rings is 1. The summed E-state index contributed by atoms with van der Waals surface area (Å²) in [6.45, 7) is 5.82. The molecule has 1 heterocycles. The molecule has 0 radical (unpaired) electrons. The number of nitrogens with two attached hydrogens (primary N) is 2. The second kappa shape index (κ2) is 6.86. The van der Waals surface area contributed by atoms with Gasteiger partial charge in [-0.2, -0.15) is 0 Å². The highest BCUT2D eigenvalue weighted by molar-refractivity contribution is 6.29. The van der Waals surface area contributed by atoms with E-state index < -0.39 is 0 Å². The van der Waals surface area contributed by atoms with E-state index in [-0.39, 0.29) is 0 Å². The Balaban J connectivity index is 3.17. The minimum Gasteiger partial charge on any atom is -0.402 e. The second-order valence-electron chi connectivity index (χ2n) is 4.29. The molecule has 0 fully saturated rings. The van der Waals surface area contributed by atoms with Crippen molar-refractivity contribution in [2.24, 2.45) is 11.5 Å². The average Bonchev–Trinajstić information content (AvgIpc) is 2.42. The first kappa shape index (κ1) is 15.9. The quantitative estimate of drug-likeness (QED) is 0.570. The first-order valence-electron chi connectivity index (χ1n) is 6.03. The fourth-order valence-electron chi connectivity index (χ4n) is 1.59. The first-order chi connectivity index (χ1) is 9.36. The normalized spacial score (nSPS) is 12.7. The smallest absolute Gasteiger partial charge is 0.129 e. The maximum atomic E-state index is 5.95. The lowest BCUT2D eigenvalue weighted by Crippen LogP contribution is -2.26. The minimum atomic E-state index is 0.412. The fourth-order valence-corrected chi connectivity index (χ4v) is 1.75. The highest BCUT2D eigenvalue weighted by atomic mass is 35.5. The van der Waals surface area contributed by atoms with Crippen molar-refractivity contribution in [3.8, 4) is 0 Å². The molecular formula is C14H20ClN5. The van der Waals surface area contributed by atoms with Gasteiger partial charge in [-0.3, -0.25) is 0 Å². The molecule has 0 aliphatic carbocycles. The zero-order valence-electron chi connectivity index (χ0n) is 11.9. The molecule has 6 heteroatoms. The first-order valence-corrected chi connectivity index (χ1v) is 6.41. The van der Waals surface area contributed by atoms with Crippen LogP contribution in [0.25, 0.3) is 5.70 Å². The molecule has 0 atom stereocenters. The summed E-state index contributed by atoms with van der Waals surface area (Å²) < 4.78 is 0. The summed E-state index contributed by atoms with van der Waals surface area (Å²) in [7, 11) is 3.58. The number of aromatic nitrogens is 1. The van der Waals surface area contributed by atoms with Crippen molar-refractivity contribution in [2.45, 2.75) is 6.92 Å². The van der Waals surface area contributed by atoms with Crippen LogP contribution in [0.5, 0.6) is 0 Å². The van der Waals surface area contributed by atoms with Crippen LogP contribution in [0.2, 0.25) is 5.15 Å². The molecular weight excluding hydrogens is 274 g/mol. The molecule has 1 aromatic heterocycles. The highest BCUT2D eigenvalue weighted by Crippen LogP contribution is 2.21. The van der Waals surface area contributed by atoms with Gasteiger partial charge in [-0.15, -0.1) is 0 Å². The summed E-state index contributed by atoms with van der Waals surface area (Å²) in [6.07, 6.45) is 1.77. The van der Waals surface area contributed by atoms with E-state index in [0.29, 0.717) is 33.8 Å². The fraction of sp³-hybridized carbons (Fsp3) is 0.214. The van der Waals surface area contributed by atoms with Gasteiger partial charge in [0.15, 0.2) is 0 Å². The van der Waals surface area contributed by atoms with Gasteiger partial charge in [0.1, 0.15) is 11.0 Å². The topological polar surface area (TPSA) is 80.2 Å². The molecule has 5 N–H and O–H groups in total. The van der Waals surface area contributed by atoms with Crippen molar-refractivity contribution in [1.29, 1.82) is 0 Å². The van der Waals surface area contributed by atoms with E-state index in [1.165, 1.54) is 0 Å². The van der Waals surface area contributed by atoms with Crippen molar-refractivity contribution in [3.63, 3.8) is 0 Å². The third kappa shape index (κ3) is 3.93. The molecule has 0 unspecified atom stereocenters. The van der Waals surface area contributed by atoms with Crippen molar-refractivity contribution < 1.29 is 0 Å². The monoisotopic (exact) mass is 293 g/mol. The van der Waals surface area contributed by atoms with Crippen molar-refractivity contribution in [2.75, 3.05) is 14.1 Å². The van der Waals surface area contributed by atoms with Gasteiger partial charge in [-0.1, -0.05) is 24.2 Å². The number of likely N-dealkylation sites (N-methyl/N-ethyl adjacent to an activating group) is 1. The molecule has 5 nitrogen and oxygen atoms in total. The molecule has 1 aromatic rings. The van der Waals surface area contributed by atoms with Crippen molar-refractivity contribution in [3.05, 3.63) is 58.9 Å². The van der Waals surface area contributed by atoms with Crippen LogP contribution in [0.1, 0.15) is 12.6 Å². The Morgan fingerprint density at radius 3 is 2.60 bits per heavy atom. The third-order valence-electron chi connectivity index (χ3n) is 2.69. The van der Waals surface area contributed by atoms with Crippen LogP contribution in [0.15, 0.2) is 48.1 Å². The van der Waals surface area contributed by atoms with Gasteiger partial charge in [0.05, 0.1) is 17.1 Å². The lowest BCUT2D eigenvalue weighted by Gasteiger charge is -2.24. The Labute approximate surface area is 124 Å². The van der Waals surface area contributed by atoms with Gasteiger partial charge in [-0.05, 0) is 25.1 Å². The zero-order chi connectivity index (χ0) is 15.3. The molecule has 0 aromatic carbocycles. The van der Waals surface area contributed by atoms with E-state index in [0.717, 1.165) is 0 Å². The van der Waals surface area contributed by atoms with Crippen LogP contribution in [0.3, 0.4) is 0 Å². The van der Waals surface area contributed by atoms with E-state index in [9.17, 15) is 0 Å². The molecule has 0 saturated carbocycles. The van der Waals surface area contributed by atoms with Gasteiger partial charge in [0.25, 0.3) is 0 Å². The number of rotatable bonds is 5. The largest absolute Gasteiger partial charge is 0.402 e. The number of nitrogens with zero attached hydrogens (tertiary/aromatic N) is 2. The van der Waals surface area contributed by atoms with E-state index in [2.05, 4.69) is 16.9 Å². The summed E-state index contributed by atoms with van der Waals surface area (Å²) in [5.41, 5.74) is 14.4. The van der Waals surface area contributed by atoms with Gasteiger partial charge in [0, 0.05) is 19.8 Å². The predicted octanol–water partition coefficient (Wildman–Crippen LogP) is 1.85. The number of nitrogens with one attached hydrogen (secondary N) is 1. The Bertz CT molecular complexity index is 558. The minimum absolute atomic E-state index is 0.412. The summed E-state index contributed by atoms with van der Waals surface area (Å²) >= 11 is 5.90. The molecule has 0 aliphatic heterocycles. The van der Waals surface area contributed by atoms with Crippen molar-refractivity contribution >= 4 is 17.3 Å². The summed E-state index contributed by atoms with van der Waals surface area (Å²) in [5, 5.41) is 3.31. The maximum absolute atomic E-state index is 5.95. The van der Waals surface area contributed by atoms with E-state index in [1.54, 1.807) is 31.0 Å². The zero-order valence-corrected chi connectivity index (χ0v) is 12.7. The maximum Gasteiger partial charge on any atom is 0.129 e.